The van der Waals surface area contributed by atoms with Gasteiger partial charge in [0.05, 0.1) is 12.8 Å². The average molecular weight is 238 g/mol. The van der Waals surface area contributed by atoms with Crippen LogP contribution in [0.25, 0.3) is 0 Å². The highest BCUT2D eigenvalue weighted by Crippen LogP contribution is 2.16. The molecule has 0 aromatic heterocycles. The number of carbonyl (C=O) groups is 3. The highest BCUT2D eigenvalue weighted by atomic mass is 17.0. The van der Waals surface area contributed by atoms with Crippen LogP contribution in [0.3, 0.4) is 0 Å². The minimum Gasteiger partial charge on any atom is -0.481 e. The quantitative estimate of drug-likeness (QED) is 0.394. The second kappa shape index (κ2) is 5.02. The normalized spacial score (nSPS) is 13.6. The van der Waals surface area contributed by atoms with E-state index in [0.717, 1.165) is 0 Å². The third-order valence-electron chi connectivity index (χ3n) is 1.46. The summed E-state index contributed by atoms with van der Waals surface area (Å²) in [6.07, 6.45) is -2.56. The van der Waals surface area contributed by atoms with Gasteiger partial charge in [-0.25, -0.2) is 9.59 Å². The van der Waals surface area contributed by atoms with E-state index >= 15 is 0 Å². The lowest BCUT2D eigenvalue weighted by molar-refractivity contribution is -0.957. The maximum Gasteiger partial charge on any atom is 0.484 e. The van der Waals surface area contributed by atoms with Crippen molar-refractivity contribution >= 4 is 17.9 Å². The first-order chi connectivity index (χ1) is 7.17. The smallest absolute Gasteiger partial charge is 0.481 e. The number of rotatable bonds is 6. The van der Waals surface area contributed by atoms with E-state index in [2.05, 4.69) is 4.84 Å². The van der Waals surface area contributed by atoms with Crippen LogP contribution in [0.15, 0.2) is 0 Å². The van der Waals surface area contributed by atoms with E-state index in [0.29, 0.717) is 0 Å². The Hall–Kier alpha value is -2.23. The monoisotopic (exact) mass is 238 g/mol. The van der Waals surface area contributed by atoms with Crippen molar-refractivity contribution in [3.8, 4) is 0 Å². The van der Waals surface area contributed by atoms with Gasteiger partial charge in [0.15, 0.2) is 5.60 Å². The van der Waals surface area contributed by atoms with Crippen molar-refractivity contribution in [3.05, 3.63) is 4.91 Å². The molecule has 0 bridgehead atoms. The molecule has 0 radical (unpaired) electrons. The summed E-state index contributed by atoms with van der Waals surface area (Å²) in [5.74, 6) is -5.23. The second-order valence-corrected chi connectivity index (χ2v) is 2.79. The fourth-order valence-corrected chi connectivity index (χ4v) is 0.822. The van der Waals surface area contributed by atoms with Gasteiger partial charge < -0.3 is 15.3 Å². The molecule has 0 saturated heterocycles. The first-order valence-electron chi connectivity index (χ1n) is 3.72. The standard InChI is InChI=1S/C6H7NO9/c8-3(9)1-6(13,5(11)12)2-4(10)16-7(14)15/h13H,1-2H2,(H2-,8,9,11,12,14,15)/p+1. The average Bonchev–Trinajstić information content (AvgIpc) is 1.98. The van der Waals surface area contributed by atoms with Gasteiger partial charge in [0.25, 0.3) is 0 Å². The maximum atomic E-state index is 10.7. The van der Waals surface area contributed by atoms with Crippen molar-refractivity contribution in [2.24, 2.45) is 0 Å². The number of carbonyl (C=O) groups excluding carboxylic acids is 1. The van der Waals surface area contributed by atoms with Crippen molar-refractivity contribution in [2.75, 3.05) is 0 Å². The van der Waals surface area contributed by atoms with Crippen LogP contribution in [0.5, 0.6) is 0 Å². The molecule has 16 heavy (non-hydrogen) atoms. The van der Waals surface area contributed by atoms with Crippen LogP contribution < -0.4 is 0 Å². The number of hydrogen-bond acceptors (Lipinski definition) is 6. The van der Waals surface area contributed by atoms with Crippen LogP contribution in [0.1, 0.15) is 12.8 Å². The number of carboxylic acid groups (broad SMARTS) is 2. The van der Waals surface area contributed by atoms with E-state index in [4.69, 9.17) is 15.4 Å². The Kier molecular flexibility index (Phi) is 4.32. The first kappa shape index (κ1) is 13.8. The summed E-state index contributed by atoms with van der Waals surface area (Å²) < 4.78 is 0. The molecule has 4 N–H and O–H groups in total. The Morgan fingerprint density at radius 2 is 1.69 bits per heavy atom. The van der Waals surface area contributed by atoms with Crippen molar-refractivity contribution in [1.82, 2.24) is 0 Å². The SMILES string of the molecule is O=C(O)CC(O)(CC(=O)O[N+](=O)O)C(=O)O. The van der Waals surface area contributed by atoms with Gasteiger partial charge >= 0.3 is 23.0 Å². The highest BCUT2D eigenvalue weighted by Gasteiger charge is 2.43. The van der Waals surface area contributed by atoms with Crippen LogP contribution in [-0.2, 0) is 19.2 Å². The Balaban J connectivity index is 4.68. The van der Waals surface area contributed by atoms with Crippen LogP contribution in [-0.4, -0.2) is 49.1 Å². The Morgan fingerprint density at radius 1 is 1.19 bits per heavy atom. The van der Waals surface area contributed by atoms with Crippen LogP contribution in [0.4, 0.5) is 0 Å². The molecule has 0 aliphatic heterocycles. The summed E-state index contributed by atoms with van der Waals surface area (Å²) in [5.41, 5.74) is -2.90. The summed E-state index contributed by atoms with van der Waals surface area (Å²) in [7, 11) is 0. The molecular weight excluding hydrogens is 230 g/mol. The second-order valence-electron chi connectivity index (χ2n) is 2.79. The molecule has 1 unspecified atom stereocenters. The number of aliphatic carboxylic acids is 2. The molecule has 1 atom stereocenters. The Bertz CT molecular complexity index is 337. The van der Waals surface area contributed by atoms with E-state index in [1.807, 2.05) is 0 Å². The fourth-order valence-electron chi connectivity index (χ4n) is 0.822. The van der Waals surface area contributed by atoms with Crippen molar-refractivity contribution in [3.63, 3.8) is 0 Å². The van der Waals surface area contributed by atoms with Crippen LogP contribution in [0.2, 0.25) is 0 Å². The molecule has 0 aliphatic rings. The predicted molar refractivity (Wildman–Crippen MR) is 41.0 cm³/mol. The molecule has 0 spiro atoms. The maximum absolute atomic E-state index is 10.7. The van der Waals surface area contributed by atoms with Gasteiger partial charge in [-0.05, 0) is 0 Å². The molecule has 0 rings (SSSR count). The van der Waals surface area contributed by atoms with Crippen LogP contribution >= 0.6 is 0 Å². The highest BCUT2D eigenvalue weighted by molar-refractivity contribution is 5.88. The lowest BCUT2D eigenvalue weighted by Gasteiger charge is -2.18. The van der Waals surface area contributed by atoms with Crippen LogP contribution in [0, 0.1) is 4.91 Å². The van der Waals surface area contributed by atoms with E-state index in [-0.39, 0.29) is 0 Å². The molecule has 0 saturated carbocycles. The molecule has 0 aliphatic carbocycles. The topological polar surface area (TPSA) is 161 Å². The lowest BCUT2D eigenvalue weighted by Crippen LogP contribution is -2.43. The van der Waals surface area contributed by atoms with Crippen molar-refractivity contribution in [2.45, 2.75) is 18.4 Å². The molecule has 0 aromatic carbocycles. The van der Waals surface area contributed by atoms with Crippen molar-refractivity contribution in [1.29, 1.82) is 0 Å². The molecule has 10 heteroatoms. The van der Waals surface area contributed by atoms with Gasteiger partial charge in [0.2, 0.25) is 0 Å². The third kappa shape index (κ3) is 4.32. The predicted octanol–water partition coefficient (Wildman–Crippen LogP) is -1.71. The van der Waals surface area contributed by atoms with Crippen molar-refractivity contribution < 1.29 is 44.8 Å². The summed E-state index contributed by atoms with van der Waals surface area (Å²) in [4.78, 5) is 44.7. The van der Waals surface area contributed by atoms with Gasteiger partial charge in [0.1, 0.15) is 4.91 Å². The van der Waals surface area contributed by atoms with Gasteiger partial charge in [-0.2, -0.15) is 5.21 Å². The zero-order valence-corrected chi connectivity index (χ0v) is 7.69. The molecule has 0 heterocycles. The van der Waals surface area contributed by atoms with E-state index in [1.54, 1.807) is 0 Å². The lowest BCUT2D eigenvalue weighted by atomic mass is 9.96. The summed E-state index contributed by atoms with van der Waals surface area (Å²) in [6.45, 7) is 0. The van der Waals surface area contributed by atoms with E-state index < -0.39 is 41.4 Å². The molecule has 0 amide bonds. The minimum absolute atomic E-state index is 1.24. The molecule has 90 valence electrons. The fraction of sp³-hybridized carbons (Fsp3) is 0.500. The first-order valence-corrected chi connectivity index (χ1v) is 3.72. The zero-order valence-electron chi connectivity index (χ0n) is 7.69. The van der Waals surface area contributed by atoms with E-state index in [9.17, 15) is 24.4 Å². The summed E-state index contributed by atoms with van der Waals surface area (Å²) in [6, 6.07) is 0. The Labute approximate surface area is 87.2 Å². The summed E-state index contributed by atoms with van der Waals surface area (Å²) in [5, 5.41) is 32.7. The van der Waals surface area contributed by atoms with Gasteiger partial charge in [-0.3, -0.25) is 4.79 Å². The van der Waals surface area contributed by atoms with Gasteiger partial charge in [-0.15, -0.1) is 4.84 Å². The third-order valence-corrected chi connectivity index (χ3v) is 1.46. The zero-order chi connectivity index (χ0) is 12.9. The molecule has 0 aromatic rings. The molecule has 0 fully saturated rings. The van der Waals surface area contributed by atoms with Gasteiger partial charge in [0, 0.05) is 0 Å². The van der Waals surface area contributed by atoms with Gasteiger partial charge in [-0.1, -0.05) is 0 Å². The minimum atomic E-state index is -2.90. The number of nitrogens with zero attached hydrogens (tertiary/aromatic N) is 1. The molecule has 10 nitrogen and oxygen atoms in total. The Morgan fingerprint density at radius 3 is 2.00 bits per heavy atom. The molecular formula is C6H8NO9+. The largest absolute Gasteiger partial charge is 0.484 e. The number of carboxylic acids is 2. The number of aliphatic hydroxyl groups is 1. The summed E-state index contributed by atoms with van der Waals surface area (Å²) >= 11 is 0. The number of hydrogen-bond donors (Lipinski definition) is 4. The van der Waals surface area contributed by atoms with E-state index in [1.165, 1.54) is 0 Å².